The zero-order chi connectivity index (χ0) is 9.84. The van der Waals surface area contributed by atoms with E-state index in [9.17, 15) is 4.79 Å². The first-order valence-electron chi connectivity index (χ1n) is 4.46. The van der Waals surface area contributed by atoms with Crippen LogP contribution in [0.1, 0.15) is 6.92 Å². The number of carbonyl (C=O) groups excluding carboxylic acids is 1. The molecule has 0 radical (unpaired) electrons. The number of piperazine rings is 1. The van der Waals surface area contributed by atoms with Crippen molar-refractivity contribution >= 4 is 5.91 Å². The quantitative estimate of drug-likeness (QED) is 0.476. The van der Waals surface area contributed by atoms with E-state index < -0.39 is 12.7 Å². The van der Waals surface area contributed by atoms with Crippen LogP contribution in [0.15, 0.2) is 0 Å². The van der Waals surface area contributed by atoms with E-state index in [0.717, 1.165) is 6.54 Å². The van der Waals surface area contributed by atoms with Crippen LogP contribution in [0.4, 0.5) is 0 Å². The normalized spacial score (nSPS) is 25.8. The van der Waals surface area contributed by atoms with Crippen LogP contribution in [0.5, 0.6) is 0 Å². The lowest BCUT2D eigenvalue weighted by atomic mass is 10.2. The van der Waals surface area contributed by atoms with Gasteiger partial charge in [0.25, 0.3) is 5.91 Å². The van der Waals surface area contributed by atoms with E-state index in [1.54, 1.807) is 4.90 Å². The molecule has 2 unspecified atom stereocenters. The van der Waals surface area contributed by atoms with E-state index in [4.69, 9.17) is 10.2 Å². The van der Waals surface area contributed by atoms with Gasteiger partial charge in [0.2, 0.25) is 0 Å². The van der Waals surface area contributed by atoms with E-state index in [1.807, 2.05) is 6.92 Å². The molecule has 5 heteroatoms. The van der Waals surface area contributed by atoms with Crippen molar-refractivity contribution in [3.8, 4) is 0 Å². The van der Waals surface area contributed by atoms with Crippen molar-refractivity contribution in [3.05, 3.63) is 0 Å². The third kappa shape index (κ3) is 2.65. The summed E-state index contributed by atoms with van der Waals surface area (Å²) >= 11 is 0. The minimum absolute atomic E-state index is 0.253. The van der Waals surface area contributed by atoms with Gasteiger partial charge in [-0.3, -0.25) is 4.79 Å². The predicted molar refractivity (Wildman–Crippen MR) is 47.1 cm³/mol. The number of carbonyl (C=O) groups is 1. The van der Waals surface area contributed by atoms with Crippen molar-refractivity contribution in [2.75, 3.05) is 26.2 Å². The summed E-state index contributed by atoms with van der Waals surface area (Å²) in [6, 6.07) is 0.253. The Bertz CT molecular complexity index is 186. The van der Waals surface area contributed by atoms with Gasteiger partial charge in [-0.25, -0.2) is 0 Å². The first kappa shape index (κ1) is 10.4. The lowest BCUT2D eigenvalue weighted by Gasteiger charge is -2.32. The number of aliphatic hydroxyl groups excluding tert-OH is 2. The summed E-state index contributed by atoms with van der Waals surface area (Å²) < 4.78 is 0. The van der Waals surface area contributed by atoms with Crippen LogP contribution in [-0.4, -0.2) is 59.4 Å². The largest absolute Gasteiger partial charge is 0.393 e. The molecule has 2 atom stereocenters. The molecular formula is C8H16N2O3. The molecule has 0 bridgehead atoms. The maximum Gasteiger partial charge on any atom is 0.253 e. The van der Waals surface area contributed by atoms with E-state index in [1.165, 1.54) is 0 Å². The van der Waals surface area contributed by atoms with E-state index in [0.29, 0.717) is 13.1 Å². The molecule has 0 aromatic rings. The fourth-order valence-electron chi connectivity index (χ4n) is 1.42. The number of aliphatic hydroxyl groups is 2. The molecule has 1 rings (SSSR count). The van der Waals surface area contributed by atoms with Crippen LogP contribution >= 0.6 is 0 Å². The minimum Gasteiger partial charge on any atom is -0.393 e. The average molecular weight is 188 g/mol. The van der Waals surface area contributed by atoms with E-state index in [2.05, 4.69) is 5.32 Å². The number of hydrogen-bond acceptors (Lipinski definition) is 4. The van der Waals surface area contributed by atoms with Crippen molar-refractivity contribution in [2.45, 2.75) is 19.1 Å². The van der Waals surface area contributed by atoms with Gasteiger partial charge in [0.1, 0.15) is 0 Å². The third-order valence-corrected chi connectivity index (χ3v) is 2.14. The molecule has 0 saturated carbocycles. The van der Waals surface area contributed by atoms with Gasteiger partial charge in [-0.2, -0.15) is 0 Å². The van der Waals surface area contributed by atoms with Gasteiger partial charge in [0.05, 0.1) is 6.61 Å². The van der Waals surface area contributed by atoms with Crippen molar-refractivity contribution in [1.29, 1.82) is 0 Å². The van der Waals surface area contributed by atoms with Gasteiger partial charge in [0.15, 0.2) is 6.10 Å². The molecule has 1 aliphatic rings. The SMILES string of the molecule is CC1CN(C(=O)C(O)CO)CCN1. The molecule has 0 spiro atoms. The topological polar surface area (TPSA) is 72.8 Å². The van der Waals surface area contributed by atoms with Crippen LogP contribution in [0.2, 0.25) is 0 Å². The van der Waals surface area contributed by atoms with Crippen LogP contribution in [0, 0.1) is 0 Å². The van der Waals surface area contributed by atoms with Gasteiger partial charge < -0.3 is 20.4 Å². The second-order valence-corrected chi connectivity index (χ2v) is 3.34. The number of nitrogens with zero attached hydrogens (tertiary/aromatic N) is 1. The minimum atomic E-state index is -1.26. The van der Waals surface area contributed by atoms with Crippen molar-refractivity contribution < 1.29 is 15.0 Å². The van der Waals surface area contributed by atoms with Gasteiger partial charge in [0, 0.05) is 25.7 Å². The van der Waals surface area contributed by atoms with Crippen molar-refractivity contribution in [2.24, 2.45) is 0 Å². The van der Waals surface area contributed by atoms with Crippen LogP contribution in [-0.2, 0) is 4.79 Å². The smallest absolute Gasteiger partial charge is 0.253 e. The maximum atomic E-state index is 11.4. The first-order chi connectivity index (χ1) is 6.15. The van der Waals surface area contributed by atoms with Gasteiger partial charge >= 0.3 is 0 Å². The Morgan fingerprint density at radius 1 is 1.77 bits per heavy atom. The monoisotopic (exact) mass is 188 g/mol. The Kier molecular flexibility index (Phi) is 3.65. The Morgan fingerprint density at radius 2 is 2.46 bits per heavy atom. The van der Waals surface area contributed by atoms with Crippen molar-refractivity contribution in [3.63, 3.8) is 0 Å². The van der Waals surface area contributed by atoms with Gasteiger partial charge in [-0.05, 0) is 6.92 Å². The molecule has 13 heavy (non-hydrogen) atoms. The summed E-state index contributed by atoms with van der Waals surface area (Å²) in [6.07, 6.45) is -1.26. The molecule has 1 fully saturated rings. The molecule has 0 aliphatic carbocycles. The summed E-state index contributed by atoms with van der Waals surface area (Å²) in [5.74, 6) is -0.379. The summed E-state index contributed by atoms with van der Waals surface area (Å²) in [5, 5.41) is 20.9. The van der Waals surface area contributed by atoms with E-state index >= 15 is 0 Å². The highest BCUT2D eigenvalue weighted by Crippen LogP contribution is 2.01. The Balaban J connectivity index is 2.46. The number of hydrogen-bond donors (Lipinski definition) is 3. The number of amides is 1. The fraction of sp³-hybridized carbons (Fsp3) is 0.875. The zero-order valence-electron chi connectivity index (χ0n) is 7.73. The van der Waals surface area contributed by atoms with Crippen LogP contribution < -0.4 is 5.32 Å². The molecule has 5 nitrogen and oxygen atoms in total. The summed E-state index contributed by atoms with van der Waals surface area (Å²) in [4.78, 5) is 12.9. The second kappa shape index (κ2) is 4.55. The molecule has 76 valence electrons. The summed E-state index contributed by atoms with van der Waals surface area (Å²) in [5.41, 5.74) is 0. The predicted octanol–water partition coefficient (Wildman–Crippen LogP) is -1.84. The van der Waals surface area contributed by atoms with Crippen molar-refractivity contribution in [1.82, 2.24) is 10.2 Å². The molecule has 1 amide bonds. The lowest BCUT2D eigenvalue weighted by Crippen LogP contribution is -2.54. The second-order valence-electron chi connectivity index (χ2n) is 3.34. The average Bonchev–Trinajstić information content (AvgIpc) is 2.15. The molecule has 3 N–H and O–H groups in total. The highest BCUT2D eigenvalue weighted by molar-refractivity contribution is 5.80. The fourth-order valence-corrected chi connectivity index (χ4v) is 1.42. The summed E-state index contributed by atoms with van der Waals surface area (Å²) in [6.45, 7) is 3.41. The molecule has 0 aromatic carbocycles. The first-order valence-corrected chi connectivity index (χ1v) is 4.46. The standard InChI is InChI=1S/C8H16N2O3/c1-6-4-10(3-2-9-6)8(13)7(12)5-11/h6-7,9,11-12H,2-5H2,1H3. The molecular weight excluding hydrogens is 172 g/mol. The highest BCUT2D eigenvalue weighted by atomic mass is 16.3. The Morgan fingerprint density at radius 3 is 3.00 bits per heavy atom. The van der Waals surface area contributed by atoms with Gasteiger partial charge in [-0.15, -0.1) is 0 Å². The molecule has 1 saturated heterocycles. The van der Waals surface area contributed by atoms with Crippen LogP contribution in [0.3, 0.4) is 0 Å². The highest BCUT2D eigenvalue weighted by Gasteiger charge is 2.25. The molecule has 1 heterocycles. The lowest BCUT2D eigenvalue weighted by molar-refractivity contribution is -0.143. The Hall–Kier alpha value is -0.650. The maximum absolute atomic E-state index is 11.4. The van der Waals surface area contributed by atoms with Crippen LogP contribution in [0.25, 0.3) is 0 Å². The molecule has 0 aromatic heterocycles. The Labute approximate surface area is 77.3 Å². The third-order valence-electron chi connectivity index (χ3n) is 2.14. The zero-order valence-corrected chi connectivity index (χ0v) is 7.73. The van der Waals surface area contributed by atoms with E-state index in [-0.39, 0.29) is 11.9 Å². The molecule has 1 aliphatic heterocycles. The van der Waals surface area contributed by atoms with Gasteiger partial charge in [-0.1, -0.05) is 0 Å². The number of rotatable bonds is 2. The summed E-state index contributed by atoms with van der Waals surface area (Å²) in [7, 11) is 0. The number of nitrogens with one attached hydrogen (secondary N) is 1.